The first-order valence-electron chi connectivity index (χ1n) is 13.6. The third-order valence-electron chi connectivity index (χ3n) is 8.95. The molecular formula is C31H52O. The number of allylic oxidation sites excluding steroid dienone is 5. The predicted molar refractivity (Wildman–Crippen MR) is 142 cm³/mol. The van der Waals surface area contributed by atoms with Crippen LogP contribution in [0.5, 0.6) is 0 Å². The largest absolute Gasteiger partial charge is 0.388 e. The van der Waals surface area contributed by atoms with E-state index in [9.17, 15) is 5.11 Å². The molecule has 0 aliphatic heterocycles. The maximum absolute atomic E-state index is 10.3. The van der Waals surface area contributed by atoms with E-state index in [0.717, 1.165) is 30.3 Å². The standard InChI is InChI=1S/C29H46O.C2H6/c1-19(2)21(4)10-11-22(5)26-14-15-27-24(9-8-16-29(26,27)7)12-13-25-17-20(3)18-28(30)23(25)6;1-2/h10-13,19-22,26-28,30H,6,8-9,14-18H2,1-5,7H3;1-2H3/b11-10+,24-12+,25-13-;/t20-,21+,22-,26-,27+,28+,29-;/m1./s1. The fraction of sp³-hybridized carbons (Fsp3) is 0.742. The lowest BCUT2D eigenvalue weighted by Gasteiger charge is -2.44. The van der Waals surface area contributed by atoms with E-state index < -0.39 is 0 Å². The molecule has 3 fully saturated rings. The van der Waals surface area contributed by atoms with Gasteiger partial charge in [-0.2, -0.15) is 0 Å². The van der Waals surface area contributed by atoms with Crippen molar-refractivity contribution < 1.29 is 5.11 Å². The molecule has 0 radical (unpaired) electrons. The van der Waals surface area contributed by atoms with Gasteiger partial charge in [-0.05, 0) is 97.0 Å². The Kier molecular flexibility index (Phi) is 10.1. The van der Waals surface area contributed by atoms with E-state index in [1.807, 2.05) is 13.8 Å². The van der Waals surface area contributed by atoms with Crippen LogP contribution in [-0.4, -0.2) is 11.2 Å². The van der Waals surface area contributed by atoms with Crippen LogP contribution in [-0.2, 0) is 0 Å². The summed E-state index contributed by atoms with van der Waals surface area (Å²) in [5.74, 6) is 4.10. The van der Waals surface area contributed by atoms with Crippen molar-refractivity contribution in [2.24, 2.45) is 40.9 Å². The molecule has 3 aliphatic carbocycles. The van der Waals surface area contributed by atoms with Crippen LogP contribution in [0.25, 0.3) is 0 Å². The zero-order chi connectivity index (χ0) is 24.1. The minimum absolute atomic E-state index is 0.355. The van der Waals surface area contributed by atoms with Crippen molar-refractivity contribution in [3.05, 3.63) is 47.6 Å². The molecule has 0 aromatic heterocycles. The lowest BCUT2D eigenvalue weighted by molar-refractivity contribution is 0.112. The summed E-state index contributed by atoms with van der Waals surface area (Å²) in [6.07, 6.45) is 17.9. The van der Waals surface area contributed by atoms with Crippen molar-refractivity contribution in [3.8, 4) is 0 Å². The van der Waals surface area contributed by atoms with Crippen molar-refractivity contribution >= 4 is 0 Å². The maximum atomic E-state index is 10.3. The second-order valence-corrected chi connectivity index (χ2v) is 11.5. The van der Waals surface area contributed by atoms with Crippen LogP contribution in [0, 0.1) is 40.9 Å². The van der Waals surface area contributed by atoms with Gasteiger partial charge in [-0.25, -0.2) is 0 Å². The molecule has 0 amide bonds. The number of aliphatic hydroxyl groups is 1. The number of hydrogen-bond donors (Lipinski definition) is 1. The minimum Gasteiger partial charge on any atom is -0.388 e. The van der Waals surface area contributed by atoms with Gasteiger partial charge in [0, 0.05) is 0 Å². The second kappa shape index (κ2) is 11.9. The molecule has 32 heavy (non-hydrogen) atoms. The maximum Gasteiger partial charge on any atom is 0.0789 e. The smallest absolute Gasteiger partial charge is 0.0789 e. The van der Waals surface area contributed by atoms with Gasteiger partial charge >= 0.3 is 0 Å². The van der Waals surface area contributed by atoms with E-state index in [4.69, 9.17) is 0 Å². The number of rotatable bonds is 5. The second-order valence-electron chi connectivity index (χ2n) is 11.5. The molecular weight excluding hydrogens is 388 g/mol. The molecule has 1 heteroatoms. The molecule has 3 aliphatic rings. The summed E-state index contributed by atoms with van der Waals surface area (Å²) >= 11 is 0. The number of fused-ring (bicyclic) bond motifs is 1. The molecule has 182 valence electrons. The summed E-state index contributed by atoms with van der Waals surface area (Å²) in [5, 5.41) is 10.3. The van der Waals surface area contributed by atoms with E-state index in [0.29, 0.717) is 29.1 Å². The molecule has 3 rings (SSSR count). The van der Waals surface area contributed by atoms with Crippen molar-refractivity contribution in [2.45, 2.75) is 106 Å². The molecule has 0 saturated heterocycles. The topological polar surface area (TPSA) is 20.2 Å². The summed E-state index contributed by atoms with van der Waals surface area (Å²) in [5.41, 5.74) is 4.32. The van der Waals surface area contributed by atoms with Gasteiger partial charge in [0.25, 0.3) is 0 Å². The lowest BCUT2D eigenvalue weighted by Crippen LogP contribution is -2.35. The Morgan fingerprint density at radius 1 is 1.06 bits per heavy atom. The van der Waals surface area contributed by atoms with Gasteiger partial charge in [0.1, 0.15) is 0 Å². The number of hydrogen-bond acceptors (Lipinski definition) is 1. The summed E-state index contributed by atoms with van der Waals surface area (Å²) in [6, 6.07) is 0. The summed E-state index contributed by atoms with van der Waals surface area (Å²) < 4.78 is 0. The van der Waals surface area contributed by atoms with Gasteiger partial charge in [0.15, 0.2) is 0 Å². The van der Waals surface area contributed by atoms with Gasteiger partial charge in [-0.15, -0.1) is 0 Å². The van der Waals surface area contributed by atoms with Gasteiger partial charge in [-0.1, -0.05) is 91.8 Å². The normalized spacial score (nSPS) is 37.5. The highest BCUT2D eigenvalue weighted by atomic mass is 16.3. The molecule has 0 aromatic rings. The first kappa shape index (κ1) is 27.2. The average molecular weight is 441 g/mol. The van der Waals surface area contributed by atoms with Gasteiger partial charge in [-0.3, -0.25) is 0 Å². The summed E-state index contributed by atoms with van der Waals surface area (Å²) in [4.78, 5) is 0. The van der Waals surface area contributed by atoms with Gasteiger partial charge in [0.2, 0.25) is 0 Å². The molecule has 0 spiro atoms. The van der Waals surface area contributed by atoms with E-state index in [2.05, 4.69) is 72.4 Å². The molecule has 0 bridgehead atoms. The molecule has 7 atom stereocenters. The molecule has 0 aromatic carbocycles. The van der Waals surface area contributed by atoms with Crippen molar-refractivity contribution in [2.75, 3.05) is 0 Å². The van der Waals surface area contributed by atoms with Gasteiger partial charge in [0.05, 0.1) is 6.10 Å². The Balaban J connectivity index is 0.00000176. The van der Waals surface area contributed by atoms with Crippen LogP contribution in [0.2, 0.25) is 0 Å². The summed E-state index contributed by atoms with van der Waals surface area (Å²) in [7, 11) is 0. The zero-order valence-electron chi connectivity index (χ0n) is 22.5. The van der Waals surface area contributed by atoms with Crippen LogP contribution in [0.4, 0.5) is 0 Å². The van der Waals surface area contributed by atoms with Crippen LogP contribution in [0.15, 0.2) is 47.6 Å². The molecule has 3 saturated carbocycles. The first-order valence-corrected chi connectivity index (χ1v) is 13.6. The molecule has 0 heterocycles. The monoisotopic (exact) mass is 440 g/mol. The Hall–Kier alpha value is -1.08. The Labute approximate surface area is 200 Å². The Morgan fingerprint density at radius 3 is 2.41 bits per heavy atom. The van der Waals surface area contributed by atoms with Crippen LogP contribution in [0.3, 0.4) is 0 Å². The highest BCUT2D eigenvalue weighted by Crippen LogP contribution is 2.59. The Bertz CT molecular complexity index is 708. The predicted octanol–water partition coefficient (Wildman–Crippen LogP) is 8.91. The lowest BCUT2D eigenvalue weighted by atomic mass is 9.61. The van der Waals surface area contributed by atoms with Crippen LogP contribution >= 0.6 is 0 Å². The highest BCUT2D eigenvalue weighted by molar-refractivity contribution is 5.38. The first-order chi connectivity index (χ1) is 15.1. The fourth-order valence-electron chi connectivity index (χ4n) is 6.56. The molecule has 1 nitrogen and oxygen atoms in total. The average Bonchev–Trinajstić information content (AvgIpc) is 3.12. The van der Waals surface area contributed by atoms with Crippen LogP contribution in [0.1, 0.15) is 100 Å². The fourth-order valence-corrected chi connectivity index (χ4v) is 6.56. The highest BCUT2D eigenvalue weighted by Gasteiger charge is 2.50. The van der Waals surface area contributed by atoms with Crippen molar-refractivity contribution in [1.82, 2.24) is 0 Å². The third kappa shape index (κ3) is 6.07. The van der Waals surface area contributed by atoms with Crippen molar-refractivity contribution in [1.29, 1.82) is 0 Å². The van der Waals surface area contributed by atoms with Crippen molar-refractivity contribution in [3.63, 3.8) is 0 Å². The minimum atomic E-state index is -0.355. The molecule has 0 unspecified atom stereocenters. The summed E-state index contributed by atoms with van der Waals surface area (Å²) in [6.45, 7) is 22.4. The van der Waals surface area contributed by atoms with E-state index >= 15 is 0 Å². The Morgan fingerprint density at radius 2 is 1.75 bits per heavy atom. The zero-order valence-corrected chi connectivity index (χ0v) is 22.5. The number of aliphatic hydroxyl groups excluding tert-OH is 1. The SMILES string of the molecule is C=C1/C(=C\C=C2/CCC[C@]3(C)[C@@H]([C@H](C)/C=C/[C@H](C)C(C)C)CC[C@@H]23)C[C@@H](C)C[C@@H]1O.CC. The van der Waals surface area contributed by atoms with Gasteiger partial charge < -0.3 is 5.11 Å². The third-order valence-corrected chi connectivity index (χ3v) is 8.95. The van der Waals surface area contributed by atoms with E-state index in [1.54, 1.807) is 5.57 Å². The molecule has 1 N–H and O–H groups in total. The van der Waals surface area contributed by atoms with E-state index in [1.165, 1.54) is 37.7 Å². The quantitative estimate of drug-likeness (QED) is 0.423. The van der Waals surface area contributed by atoms with Crippen LogP contribution < -0.4 is 0 Å². The van der Waals surface area contributed by atoms with E-state index in [-0.39, 0.29) is 6.10 Å².